The van der Waals surface area contributed by atoms with Gasteiger partial charge in [0.15, 0.2) is 0 Å². The standard InChI is InChI=1S/C15H17N3O3/c1-11-4-6-12(7-5-11)9-13(10-19)17-15-14(18(20)21)3-2-8-16-15/h2-8,13,19H,9-10H2,1H3,(H,16,17)/t13-/m0/s1. The fourth-order valence-corrected chi connectivity index (χ4v) is 2.02. The lowest BCUT2D eigenvalue weighted by Gasteiger charge is -2.17. The van der Waals surface area contributed by atoms with Crippen LogP contribution in [0.4, 0.5) is 11.5 Å². The van der Waals surface area contributed by atoms with Crippen LogP contribution in [0.2, 0.25) is 0 Å². The number of aromatic nitrogens is 1. The fraction of sp³-hybridized carbons (Fsp3) is 0.267. The first-order valence-electron chi connectivity index (χ1n) is 6.62. The average molecular weight is 287 g/mol. The van der Waals surface area contributed by atoms with Gasteiger partial charge in [-0.15, -0.1) is 0 Å². The summed E-state index contributed by atoms with van der Waals surface area (Å²) in [5.41, 5.74) is 2.11. The van der Waals surface area contributed by atoms with Crippen molar-refractivity contribution < 1.29 is 10.0 Å². The van der Waals surface area contributed by atoms with Crippen molar-refractivity contribution in [3.8, 4) is 0 Å². The van der Waals surface area contributed by atoms with Crippen molar-refractivity contribution in [1.82, 2.24) is 4.98 Å². The number of benzene rings is 1. The topological polar surface area (TPSA) is 88.3 Å². The third-order valence-corrected chi connectivity index (χ3v) is 3.15. The van der Waals surface area contributed by atoms with E-state index >= 15 is 0 Å². The van der Waals surface area contributed by atoms with Gasteiger partial charge in [-0.05, 0) is 25.0 Å². The molecule has 0 saturated carbocycles. The molecule has 0 saturated heterocycles. The van der Waals surface area contributed by atoms with Crippen molar-refractivity contribution >= 4 is 11.5 Å². The smallest absolute Gasteiger partial charge is 0.311 e. The Kier molecular flexibility index (Phi) is 4.84. The highest BCUT2D eigenvalue weighted by Gasteiger charge is 2.17. The normalized spacial score (nSPS) is 11.9. The number of aryl methyl sites for hydroxylation is 1. The van der Waals surface area contributed by atoms with Crippen LogP contribution in [0.1, 0.15) is 11.1 Å². The van der Waals surface area contributed by atoms with E-state index < -0.39 is 4.92 Å². The fourth-order valence-electron chi connectivity index (χ4n) is 2.02. The summed E-state index contributed by atoms with van der Waals surface area (Å²) in [5, 5.41) is 23.4. The van der Waals surface area contributed by atoms with E-state index in [4.69, 9.17) is 0 Å². The summed E-state index contributed by atoms with van der Waals surface area (Å²) in [6.45, 7) is 1.87. The summed E-state index contributed by atoms with van der Waals surface area (Å²) in [6, 6.07) is 10.5. The number of aliphatic hydroxyl groups excluding tert-OH is 1. The molecule has 1 heterocycles. The van der Waals surface area contributed by atoms with Crippen molar-refractivity contribution in [2.24, 2.45) is 0 Å². The molecule has 0 radical (unpaired) electrons. The first-order valence-corrected chi connectivity index (χ1v) is 6.62. The summed E-state index contributed by atoms with van der Waals surface area (Å²) in [4.78, 5) is 14.4. The zero-order chi connectivity index (χ0) is 15.2. The first kappa shape index (κ1) is 14.9. The Balaban J connectivity index is 2.12. The van der Waals surface area contributed by atoms with Crippen LogP contribution in [0.15, 0.2) is 42.6 Å². The number of nitrogens with zero attached hydrogens (tertiary/aromatic N) is 2. The van der Waals surface area contributed by atoms with Gasteiger partial charge in [0, 0.05) is 12.3 Å². The maximum atomic E-state index is 11.0. The Hall–Kier alpha value is -2.47. The molecule has 0 fully saturated rings. The molecule has 2 rings (SSSR count). The van der Waals surface area contributed by atoms with Crippen LogP contribution in [-0.4, -0.2) is 27.7 Å². The van der Waals surface area contributed by atoms with Gasteiger partial charge in [0.25, 0.3) is 0 Å². The molecule has 6 nitrogen and oxygen atoms in total. The maximum Gasteiger partial charge on any atom is 0.311 e. The van der Waals surface area contributed by atoms with Crippen molar-refractivity contribution in [3.63, 3.8) is 0 Å². The van der Waals surface area contributed by atoms with Gasteiger partial charge >= 0.3 is 5.69 Å². The lowest BCUT2D eigenvalue weighted by Crippen LogP contribution is -2.27. The highest BCUT2D eigenvalue weighted by atomic mass is 16.6. The zero-order valence-electron chi connectivity index (χ0n) is 11.7. The van der Waals surface area contributed by atoms with Crippen LogP contribution in [0, 0.1) is 17.0 Å². The van der Waals surface area contributed by atoms with Crippen LogP contribution in [0.25, 0.3) is 0 Å². The van der Waals surface area contributed by atoms with Crippen molar-refractivity contribution in [3.05, 3.63) is 63.8 Å². The quantitative estimate of drug-likeness (QED) is 0.628. The SMILES string of the molecule is Cc1ccc(C[C@@H](CO)Nc2ncccc2[N+](=O)[O-])cc1. The van der Waals surface area contributed by atoms with Gasteiger partial charge in [0.05, 0.1) is 17.6 Å². The van der Waals surface area contributed by atoms with E-state index in [1.165, 1.54) is 18.3 Å². The third kappa shape index (κ3) is 4.00. The predicted molar refractivity (Wildman–Crippen MR) is 80.3 cm³/mol. The average Bonchev–Trinajstić information content (AvgIpc) is 2.49. The van der Waals surface area contributed by atoms with Crippen LogP contribution in [-0.2, 0) is 6.42 Å². The van der Waals surface area contributed by atoms with Gasteiger partial charge in [0.2, 0.25) is 5.82 Å². The number of hydrogen-bond donors (Lipinski definition) is 2. The Bertz CT molecular complexity index is 614. The van der Waals surface area contributed by atoms with Crippen LogP contribution in [0.3, 0.4) is 0 Å². The lowest BCUT2D eigenvalue weighted by atomic mass is 10.0. The number of nitro groups is 1. The second-order valence-electron chi connectivity index (χ2n) is 4.84. The van der Waals surface area contributed by atoms with Crippen molar-refractivity contribution in [2.45, 2.75) is 19.4 Å². The third-order valence-electron chi connectivity index (χ3n) is 3.15. The summed E-state index contributed by atoms with van der Waals surface area (Å²) in [6.07, 6.45) is 2.04. The van der Waals surface area contributed by atoms with E-state index in [9.17, 15) is 15.2 Å². The first-order chi connectivity index (χ1) is 10.1. The molecule has 0 unspecified atom stereocenters. The number of rotatable bonds is 6. The summed E-state index contributed by atoms with van der Waals surface area (Å²) >= 11 is 0. The Morgan fingerprint density at radius 3 is 2.67 bits per heavy atom. The molecule has 1 atom stereocenters. The molecule has 1 aromatic carbocycles. The van der Waals surface area contributed by atoms with Gasteiger partial charge in [0.1, 0.15) is 0 Å². The molecule has 0 aliphatic carbocycles. The van der Waals surface area contributed by atoms with Gasteiger partial charge in [-0.1, -0.05) is 29.8 Å². The monoisotopic (exact) mass is 287 g/mol. The zero-order valence-corrected chi connectivity index (χ0v) is 11.7. The van der Waals surface area contributed by atoms with Crippen LogP contribution in [0.5, 0.6) is 0 Å². The van der Waals surface area contributed by atoms with Gasteiger partial charge < -0.3 is 10.4 Å². The number of anilines is 1. The minimum absolute atomic E-state index is 0.0974. The largest absolute Gasteiger partial charge is 0.394 e. The number of aliphatic hydroxyl groups is 1. The number of hydrogen-bond acceptors (Lipinski definition) is 5. The Labute approximate surface area is 122 Å². The summed E-state index contributed by atoms with van der Waals surface area (Å²) < 4.78 is 0. The molecular formula is C15H17N3O3. The molecule has 21 heavy (non-hydrogen) atoms. The summed E-state index contributed by atoms with van der Waals surface area (Å²) in [5.74, 6) is 0.175. The van der Waals surface area contributed by atoms with E-state index in [0.29, 0.717) is 6.42 Å². The number of nitrogens with one attached hydrogen (secondary N) is 1. The highest BCUT2D eigenvalue weighted by molar-refractivity contribution is 5.55. The summed E-state index contributed by atoms with van der Waals surface area (Å²) in [7, 11) is 0. The molecule has 0 amide bonds. The van der Waals surface area contributed by atoms with E-state index in [1.54, 1.807) is 0 Å². The molecule has 0 bridgehead atoms. The predicted octanol–water partition coefficient (Wildman–Crippen LogP) is 2.31. The molecule has 0 aliphatic rings. The lowest BCUT2D eigenvalue weighted by molar-refractivity contribution is -0.384. The molecule has 2 aromatic rings. The Morgan fingerprint density at radius 2 is 2.05 bits per heavy atom. The molecule has 110 valence electrons. The molecule has 0 aliphatic heterocycles. The molecular weight excluding hydrogens is 270 g/mol. The highest BCUT2D eigenvalue weighted by Crippen LogP contribution is 2.21. The van der Waals surface area contributed by atoms with Crippen molar-refractivity contribution in [1.29, 1.82) is 0 Å². The molecule has 6 heteroatoms. The molecule has 2 N–H and O–H groups in total. The van der Waals surface area contributed by atoms with Gasteiger partial charge in [-0.2, -0.15) is 0 Å². The van der Waals surface area contributed by atoms with Gasteiger partial charge in [-0.25, -0.2) is 4.98 Å². The minimum Gasteiger partial charge on any atom is -0.394 e. The molecule has 0 spiro atoms. The molecule has 1 aromatic heterocycles. The number of pyridine rings is 1. The van der Waals surface area contributed by atoms with E-state index in [1.807, 2.05) is 31.2 Å². The second-order valence-corrected chi connectivity index (χ2v) is 4.84. The minimum atomic E-state index is -0.490. The van der Waals surface area contributed by atoms with E-state index in [-0.39, 0.29) is 24.2 Å². The van der Waals surface area contributed by atoms with Crippen LogP contribution < -0.4 is 5.32 Å². The van der Waals surface area contributed by atoms with Crippen LogP contribution >= 0.6 is 0 Å². The maximum absolute atomic E-state index is 11.0. The Morgan fingerprint density at radius 1 is 1.33 bits per heavy atom. The van der Waals surface area contributed by atoms with E-state index in [0.717, 1.165) is 11.1 Å². The second kappa shape index (κ2) is 6.81. The van der Waals surface area contributed by atoms with Gasteiger partial charge in [-0.3, -0.25) is 10.1 Å². The van der Waals surface area contributed by atoms with Crippen molar-refractivity contribution in [2.75, 3.05) is 11.9 Å². The van der Waals surface area contributed by atoms with E-state index in [2.05, 4.69) is 10.3 Å².